The van der Waals surface area contributed by atoms with Gasteiger partial charge in [-0.05, 0) is 37.3 Å². The number of hydrogen-bond acceptors (Lipinski definition) is 3. The molecule has 19 heavy (non-hydrogen) atoms. The molecule has 0 aliphatic heterocycles. The number of pyridine rings is 1. The smallest absolute Gasteiger partial charge is 0.124 e. The summed E-state index contributed by atoms with van der Waals surface area (Å²) >= 11 is 0. The van der Waals surface area contributed by atoms with Crippen molar-refractivity contribution in [3.05, 3.63) is 59.7 Å². The second kappa shape index (κ2) is 6.29. The zero-order chi connectivity index (χ0) is 13.7. The molecule has 3 nitrogen and oxygen atoms in total. The van der Waals surface area contributed by atoms with Gasteiger partial charge in [-0.25, -0.2) is 4.39 Å². The summed E-state index contributed by atoms with van der Waals surface area (Å²) in [6, 6.07) is 9.91. The topological polar surface area (TPSA) is 48.1 Å². The molecule has 100 valence electrons. The lowest BCUT2D eigenvalue weighted by atomic mass is 10.1. The van der Waals surface area contributed by atoms with E-state index in [-0.39, 0.29) is 11.9 Å². The Morgan fingerprint density at radius 3 is 2.84 bits per heavy atom. The van der Waals surface area contributed by atoms with Crippen LogP contribution in [0.25, 0.3) is 0 Å². The molecule has 1 aromatic heterocycles. The van der Waals surface area contributed by atoms with Crippen molar-refractivity contribution in [3.8, 4) is 5.75 Å². The molecule has 0 fully saturated rings. The first-order valence-electron chi connectivity index (χ1n) is 6.24. The normalized spacial score (nSPS) is 12.2. The third kappa shape index (κ3) is 3.76. The van der Waals surface area contributed by atoms with Crippen molar-refractivity contribution in [1.82, 2.24) is 4.98 Å². The molecule has 1 aromatic carbocycles. The predicted octanol–water partition coefficient (Wildman–Crippen LogP) is 2.86. The highest BCUT2D eigenvalue weighted by Gasteiger charge is 2.09. The largest absolute Gasteiger partial charge is 0.493 e. The predicted molar refractivity (Wildman–Crippen MR) is 72.4 cm³/mol. The van der Waals surface area contributed by atoms with E-state index in [0.717, 1.165) is 5.69 Å². The van der Waals surface area contributed by atoms with E-state index in [0.29, 0.717) is 24.3 Å². The molecule has 0 bridgehead atoms. The molecule has 0 saturated carbocycles. The quantitative estimate of drug-likeness (QED) is 0.899. The Bertz CT molecular complexity index is 529. The Labute approximate surface area is 112 Å². The first-order valence-corrected chi connectivity index (χ1v) is 6.24. The number of halogens is 1. The maximum atomic E-state index is 13.2. The Kier molecular flexibility index (Phi) is 4.47. The van der Waals surface area contributed by atoms with E-state index >= 15 is 0 Å². The molecule has 0 unspecified atom stereocenters. The number of nitrogens with zero attached hydrogens (tertiary/aromatic N) is 1. The van der Waals surface area contributed by atoms with Crippen LogP contribution >= 0.6 is 0 Å². The standard InChI is InChI=1S/C15H17FN2O/c1-11(17)14-10-12(16)5-6-15(14)19-9-7-13-4-2-3-8-18-13/h2-6,8,10-11H,7,9,17H2,1H3/t11-/m1/s1. The fourth-order valence-electron chi connectivity index (χ4n) is 1.82. The monoisotopic (exact) mass is 260 g/mol. The van der Waals surface area contributed by atoms with Crippen LogP contribution in [0.5, 0.6) is 5.75 Å². The maximum absolute atomic E-state index is 13.2. The van der Waals surface area contributed by atoms with Gasteiger partial charge in [-0.1, -0.05) is 6.07 Å². The maximum Gasteiger partial charge on any atom is 0.124 e. The molecule has 0 saturated heterocycles. The van der Waals surface area contributed by atoms with E-state index in [1.54, 1.807) is 19.2 Å². The highest BCUT2D eigenvalue weighted by Crippen LogP contribution is 2.24. The minimum Gasteiger partial charge on any atom is -0.493 e. The van der Waals surface area contributed by atoms with Crippen molar-refractivity contribution in [2.75, 3.05) is 6.61 Å². The molecule has 1 heterocycles. The zero-order valence-corrected chi connectivity index (χ0v) is 10.8. The van der Waals surface area contributed by atoms with Gasteiger partial charge in [-0.2, -0.15) is 0 Å². The van der Waals surface area contributed by atoms with Crippen LogP contribution in [0.15, 0.2) is 42.6 Å². The van der Waals surface area contributed by atoms with Crippen molar-refractivity contribution in [3.63, 3.8) is 0 Å². The molecule has 0 spiro atoms. The molecule has 2 N–H and O–H groups in total. The summed E-state index contributed by atoms with van der Waals surface area (Å²) in [5, 5.41) is 0. The summed E-state index contributed by atoms with van der Waals surface area (Å²) in [5.41, 5.74) is 7.45. The number of rotatable bonds is 5. The van der Waals surface area contributed by atoms with Gasteiger partial charge in [0.2, 0.25) is 0 Å². The third-order valence-electron chi connectivity index (χ3n) is 2.80. The molecule has 0 aliphatic rings. The fraction of sp³-hybridized carbons (Fsp3) is 0.267. The lowest BCUT2D eigenvalue weighted by Gasteiger charge is -2.14. The van der Waals surface area contributed by atoms with E-state index in [4.69, 9.17) is 10.5 Å². The molecule has 1 atom stereocenters. The van der Waals surface area contributed by atoms with Crippen LogP contribution < -0.4 is 10.5 Å². The number of aromatic nitrogens is 1. The number of benzene rings is 1. The van der Waals surface area contributed by atoms with E-state index in [1.165, 1.54) is 12.1 Å². The number of nitrogens with two attached hydrogens (primary N) is 1. The van der Waals surface area contributed by atoms with Crippen LogP contribution in [0.4, 0.5) is 4.39 Å². The highest BCUT2D eigenvalue weighted by molar-refractivity contribution is 5.36. The molecule has 2 rings (SSSR count). The Morgan fingerprint density at radius 2 is 2.16 bits per heavy atom. The van der Waals surface area contributed by atoms with Crippen LogP contribution in [0.1, 0.15) is 24.2 Å². The van der Waals surface area contributed by atoms with Gasteiger partial charge in [0.25, 0.3) is 0 Å². The van der Waals surface area contributed by atoms with Gasteiger partial charge < -0.3 is 10.5 Å². The zero-order valence-electron chi connectivity index (χ0n) is 10.8. The second-order valence-electron chi connectivity index (χ2n) is 4.39. The van der Waals surface area contributed by atoms with Crippen LogP contribution in [-0.2, 0) is 6.42 Å². The van der Waals surface area contributed by atoms with E-state index in [1.807, 2.05) is 18.2 Å². The van der Waals surface area contributed by atoms with Gasteiger partial charge in [0.1, 0.15) is 11.6 Å². The molecule has 2 aromatic rings. The summed E-state index contributed by atoms with van der Waals surface area (Å²) in [6.45, 7) is 2.29. The van der Waals surface area contributed by atoms with Crippen molar-refractivity contribution in [1.29, 1.82) is 0 Å². The minimum atomic E-state index is -0.302. The summed E-state index contributed by atoms with van der Waals surface area (Å²) in [4.78, 5) is 4.22. The van der Waals surface area contributed by atoms with Crippen LogP contribution in [0.2, 0.25) is 0 Å². The van der Waals surface area contributed by atoms with E-state index < -0.39 is 0 Å². The van der Waals surface area contributed by atoms with Crippen molar-refractivity contribution in [2.45, 2.75) is 19.4 Å². The van der Waals surface area contributed by atoms with Gasteiger partial charge in [0.15, 0.2) is 0 Å². The summed E-state index contributed by atoms with van der Waals surface area (Å²) in [6.07, 6.45) is 2.46. The summed E-state index contributed by atoms with van der Waals surface area (Å²) in [7, 11) is 0. The Hall–Kier alpha value is -1.94. The van der Waals surface area contributed by atoms with Gasteiger partial charge in [0.05, 0.1) is 6.61 Å². The van der Waals surface area contributed by atoms with E-state index in [9.17, 15) is 4.39 Å². The third-order valence-corrected chi connectivity index (χ3v) is 2.80. The molecular formula is C15H17FN2O. The Morgan fingerprint density at radius 1 is 1.32 bits per heavy atom. The second-order valence-corrected chi connectivity index (χ2v) is 4.39. The van der Waals surface area contributed by atoms with Crippen molar-refractivity contribution >= 4 is 0 Å². The molecular weight excluding hydrogens is 243 g/mol. The first-order chi connectivity index (χ1) is 9.16. The van der Waals surface area contributed by atoms with Crippen LogP contribution in [-0.4, -0.2) is 11.6 Å². The SMILES string of the molecule is C[C@@H](N)c1cc(F)ccc1OCCc1ccccn1. The van der Waals surface area contributed by atoms with E-state index in [2.05, 4.69) is 4.98 Å². The minimum absolute atomic E-state index is 0.263. The highest BCUT2D eigenvalue weighted by atomic mass is 19.1. The summed E-state index contributed by atoms with van der Waals surface area (Å²) < 4.78 is 18.8. The summed E-state index contributed by atoms with van der Waals surface area (Å²) in [5.74, 6) is 0.330. The number of ether oxygens (including phenoxy) is 1. The van der Waals surface area contributed by atoms with Gasteiger partial charge in [0, 0.05) is 29.9 Å². The lowest BCUT2D eigenvalue weighted by Crippen LogP contribution is -2.10. The number of hydrogen-bond donors (Lipinski definition) is 1. The first kappa shape index (κ1) is 13.5. The van der Waals surface area contributed by atoms with Gasteiger partial charge in [-0.3, -0.25) is 4.98 Å². The van der Waals surface area contributed by atoms with Crippen molar-refractivity contribution in [2.24, 2.45) is 5.73 Å². The Balaban J connectivity index is 2.00. The molecule has 0 radical (unpaired) electrons. The average Bonchev–Trinajstić information content (AvgIpc) is 2.41. The average molecular weight is 260 g/mol. The van der Waals surface area contributed by atoms with Crippen molar-refractivity contribution < 1.29 is 9.13 Å². The van der Waals surface area contributed by atoms with Crippen LogP contribution in [0, 0.1) is 5.82 Å². The molecule has 0 amide bonds. The lowest BCUT2D eigenvalue weighted by molar-refractivity contribution is 0.315. The van der Waals surface area contributed by atoms with Gasteiger partial charge in [-0.15, -0.1) is 0 Å². The molecule has 0 aliphatic carbocycles. The fourth-order valence-corrected chi connectivity index (χ4v) is 1.82. The van der Waals surface area contributed by atoms with Crippen LogP contribution in [0.3, 0.4) is 0 Å². The molecule has 4 heteroatoms. The van der Waals surface area contributed by atoms with Gasteiger partial charge >= 0.3 is 0 Å².